The number of halogens is 1. The number of hydrogen-bond donors (Lipinski definition) is 1. The SMILES string of the molecule is CCc1ccc(-c2ccc(Cl)s2)cc1C1=C(O)C(C)(C)CCC1=O. The Labute approximate surface area is 151 Å². The number of hydrogen-bond acceptors (Lipinski definition) is 3. The molecule has 1 aromatic carbocycles. The molecule has 3 rings (SSSR count). The van der Waals surface area contributed by atoms with Crippen LogP contribution in [0.1, 0.15) is 44.7 Å². The summed E-state index contributed by atoms with van der Waals surface area (Å²) >= 11 is 7.57. The van der Waals surface area contributed by atoms with Crippen molar-refractivity contribution in [3.8, 4) is 10.4 Å². The molecule has 0 bridgehead atoms. The van der Waals surface area contributed by atoms with Gasteiger partial charge in [0.15, 0.2) is 5.78 Å². The van der Waals surface area contributed by atoms with E-state index in [1.807, 2.05) is 38.1 Å². The predicted octanol–water partition coefficient (Wildman–Crippen LogP) is 6.29. The minimum absolute atomic E-state index is 0.0305. The number of aryl methyl sites for hydroxylation is 1. The standard InChI is InChI=1S/C20H21ClO2S/c1-4-12-5-6-13(16-7-8-17(21)24-16)11-14(12)18-15(22)9-10-20(2,3)19(18)23/h5-8,11,23H,4,9-10H2,1-3H3. The largest absolute Gasteiger partial charge is 0.511 e. The van der Waals surface area contributed by atoms with Gasteiger partial charge in [-0.2, -0.15) is 0 Å². The number of rotatable bonds is 3. The van der Waals surface area contributed by atoms with Crippen molar-refractivity contribution < 1.29 is 9.90 Å². The molecular weight excluding hydrogens is 340 g/mol. The topological polar surface area (TPSA) is 37.3 Å². The maximum atomic E-state index is 12.6. The van der Waals surface area contributed by atoms with E-state index in [1.165, 1.54) is 11.3 Å². The molecule has 1 heterocycles. The van der Waals surface area contributed by atoms with Crippen molar-refractivity contribution in [3.05, 3.63) is 51.6 Å². The smallest absolute Gasteiger partial charge is 0.166 e. The molecule has 2 nitrogen and oxygen atoms in total. The van der Waals surface area contributed by atoms with Crippen LogP contribution < -0.4 is 0 Å². The molecule has 0 amide bonds. The first-order valence-electron chi connectivity index (χ1n) is 8.19. The number of benzene rings is 1. The molecule has 0 radical (unpaired) electrons. The van der Waals surface area contributed by atoms with E-state index in [4.69, 9.17) is 11.6 Å². The minimum atomic E-state index is -0.365. The third-order valence-electron chi connectivity index (χ3n) is 4.75. The second-order valence-electron chi connectivity index (χ2n) is 6.86. The van der Waals surface area contributed by atoms with Gasteiger partial charge in [-0.15, -0.1) is 11.3 Å². The average molecular weight is 361 g/mol. The molecule has 126 valence electrons. The predicted molar refractivity (Wildman–Crippen MR) is 102 cm³/mol. The minimum Gasteiger partial charge on any atom is -0.511 e. The van der Waals surface area contributed by atoms with E-state index in [9.17, 15) is 9.90 Å². The number of ketones is 1. The molecule has 4 heteroatoms. The van der Waals surface area contributed by atoms with E-state index in [2.05, 4.69) is 13.0 Å². The van der Waals surface area contributed by atoms with Crippen LogP contribution in [0.5, 0.6) is 0 Å². The molecule has 1 N–H and O–H groups in total. The fourth-order valence-corrected chi connectivity index (χ4v) is 4.20. The first kappa shape index (κ1) is 17.2. The van der Waals surface area contributed by atoms with Crippen molar-refractivity contribution >= 4 is 34.3 Å². The van der Waals surface area contributed by atoms with Crippen molar-refractivity contribution in [1.82, 2.24) is 0 Å². The van der Waals surface area contributed by atoms with Gasteiger partial charge in [-0.25, -0.2) is 0 Å². The van der Waals surface area contributed by atoms with Crippen LogP contribution in [-0.4, -0.2) is 10.9 Å². The number of carbonyl (C=O) groups is 1. The van der Waals surface area contributed by atoms with Gasteiger partial charge in [-0.3, -0.25) is 4.79 Å². The number of aliphatic hydroxyl groups is 1. The third kappa shape index (κ3) is 3.03. The Morgan fingerprint density at radius 2 is 2.00 bits per heavy atom. The summed E-state index contributed by atoms with van der Waals surface area (Å²) < 4.78 is 0.739. The molecule has 0 aliphatic heterocycles. The normalized spacial score (nSPS) is 17.4. The van der Waals surface area contributed by atoms with Crippen LogP contribution in [0.4, 0.5) is 0 Å². The highest BCUT2D eigenvalue weighted by Gasteiger charge is 2.35. The number of aliphatic hydroxyl groups excluding tert-OH is 1. The number of thiophene rings is 1. The van der Waals surface area contributed by atoms with Crippen molar-refractivity contribution in [3.63, 3.8) is 0 Å². The van der Waals surface area contributed by atoms with Crippen LogP contribution in [-0.2, 0) is 11.2 Å². The van der Waals surface area contributed by atoms with Crippen molar-refractivity contribution in [2.45, 2.75) is 40.0 Å². The molecule has 0 fully saturated rings. The number of carbonyl (C=O) groups excluding carboxylic acids is 1. The lowest BCUT2D eigenvalue weighted by atomic mass is 9.74. The van der Waals surface area contributed by atoms with Crippen LogP contribution in [0.25, 0.3) is 16.0 Å². The molecule has 2 aromatic rings. The summed E-state index contributed by atoms with van der Waals surface area (Å²) in [5.41, 5.74) is 3.09. The lowest BCUT2D eigenvalue weighted by Gasteiger charge is -2.31. The van der Waals surface area contributed by atoms with Crippen LogP contribution in [0.2, 0.25) is 4.34 Å². The second kappa shape index (κ2) is 6.38. The summed E-state index contributed by atoms with van der Waals surface area (Å²) in [5, 5.41) is 10.7. The number of allylic oxidation sites excluding steroid dienone is 2. The van der Waals surface area contributed by atoms with E-state index in [1.54, 1.807) is 0 Å². The van der Waals surface area contributed by atoms with Gasteiger partial charge in [-0.1, -0.05) is 44.5 Å². The molecular formula is C20H21ClO2S. The highest BCUT2D eigenvalue weighted by molar-refractivity contribution is 7.19. The molecule has 1 aromatic heterocycles. The van der Waals surface area contributed by atoms with E-state index in [0.717, 1.165) is 32.3 Å². The van der Waals surface area contributed by atoms with Crippen LogP contribution in [0.15, 0.2) is 36.1 Å². The van der Waals surface area contributed by atoms with Gasteiger partial charge in [0.05, 0.1) is 9.91 Å². The maximum Gasteiger partial charge on any atom is 0.166 e. The van der Waals surface area contributed by atoms with Gasteiger partial charge < -0.3 is 5.11 Å². The summed E-state index contributed by atoms with van der Waals surface area (Å²) in [6, 6.07) is 9.99. The second-order valence-corrected chi connectivity index (χ2v) is 8.57. The lowest BCUT2D eigenvalue weighted by molar-refractivity contribution is -0.115. The van der Waals surface area contributed by atoms with Gasteiger partial charge >= 0.3 is 0 Å². The highest BCUT2D eigenvalue weighted by Crippen LogP contribution is 2.42. The molecule has 0 saturated heterocycles. The Balaban J connectivity index is 2.20. The molecule has 24 heavy (non-hydrogen) atoms. The summed E-state index contributed by atoms with van der Waals surface area (Å²) in [4.78, 5) is 13.6. The fraction of sp³-hybridized carbons (Fsp3) is 0.350. The quantitative estimate of drug-likeness (QED) is 0.698. The summed E-state index contributed by atoms with van der Waals surface area (Å²) in [6.45, 7) is 6.04. The van der Waals surface area contributed by atoms with E-state index < -0.39 is 0 Å². The van der Waals surface area contributed by atoms with E-state index >= 15 is 0 Å². The Morgan fingerprint density at radius 1 is 1.25 bits per heavy atom. The van der Waals surface area contributed by atoms with Crippen LogP contribution in [0.3, 0.4) is 0 Å². The van der Waals surface area contributed by atoms with Gasteiger partial charge in [0.2, 0.25) is 0 Å². The Hall–Kier alpha value is -1.58. The van der Waals surface area contributed by atoms with Crippen LogP contribution in [0, 0.1) is 5.41 Å². The molecule has 1 aliphatic carbocycles. The maximum absolute atomic E-state index is 12.6. The van der Waals surface area contributed by atoms with E-state index in [-0.39, 0.29) is 17.0 Å². The van der Waals surface area contributed by atoms with Crippen molar-refractivity contribution in [2.75, 3.05) is 0 Å². The fourth-order valence-electron chi connectivity index (χ4n) is 3.16. The van der Waals surface area contributed by atoms with Gasteiger partial charge in [0, 0.05) is 16.7 Å². The summed E-state index contributed by atoms with van der Waals surface area (Å²) in [7, 11) is 0. The van der Waals surface area contributed by atoms with E-state index in [0.29, 0.717) is 18.4 Å². The monoisotopic (exact) mass is 360 g/mol. The molecule has 0 saturated carbocycles. The van der Waals surface area contributed by atoms with Crippen LogP contribution >= 0.6 is 22.9 Å². The zero-order chi connectivity index (χ0) is 17.5. The zero-order valence-corrected chi connectivity index (χ0v) is 15.7. The zero-order valence-electron chi connectivity index (χ0n) is 14.1. The molecule has 0 atom stereocenters. The highest BCUT2D eigenvalue weighted by atomic mass is 35.5. The first-order chi connectivity index (χ1) is 11.3. The van der Waals surface area contributed by atoms with Crippen molar-refractivity contribution in [2.24, 2.45) is 5.41 Å². The summed E-state index contributed by atoms with van der Waals surface area (Å²) in [6.07, 6.45) is 1.97. The van der Waals surface area contributed by atoms with Gasteiger partial charge in [-0.05, 0) is 47.7 Å². The first-order valence-corrected chi connectivity index (χ1v) is 9.39. The molecule has 0 unspecified atom stereocenters. The molecule has 1 aliphatic rings. The molecule has 0 spiro atoms. The Bertz CT molecular complexity index is 830. The number of Topliss-reactive ketones (excluding diaryl/α,β-unsaturated/α-hetero) is 1. The Kier molecular flexibility index (Phi) is 4.58. The average Bonchev–Trinajstić information content (AvgIpc) is 2.98. The summed E-state index contributed by atoms with van der Waals surface area (Å²) in [5.74, 6) is 0.248. The van der Waals surface area contributed by atoms with Crippen molar-refractivity contribution in [1.29, 1.82) is 0 Å². The van der Waals surface area contributed by atoms with Gasteiger partial charge in [0.1, 0.15) is 5.76 Å². The van der Waals surface area contributed by atoms with Gasteiger partial charge in [0.25, 0.3) is 0 Å². The Morgan fingerprint density at radius 3 is 2.62 bits per heavy atom. The lowest BCUT2D eigenvalue weighted by Crippen LogP contribution is -2.25. The third-order valence-corrected chi connectivity index (χ3v) is 6.03.